The summed E-state index contributed by atoms with van der Waals surface area (Å²) in [6.07, 6.45) is 0. The van der Waals surface area contributed by atoms with Gasteiger partial charge in [0.2, 0.25) is 0 Å². The summed E-state index contributed by atoms with van der Waals surface area (Å²) in [4.78, 5) is 24.4. The molecule has 0 unspecified atom stereocenters. The fraction of sp³-hybridized carbons (Fsp3) is 0.208. The van der Waals surface area contributed by atoms with E-state index in [0.717, 1.165) is 38.1 Å². The van der Waals surface area contributed by atoms with Gasteiger partial charge >= 0.3 is 0 Å². The fourth-order valence-electron chi connectivity index (χ4n) is 3.15. The van der Waals surface area contributed by atoms with Crippen molar-refractivity contribution < 1.29 is 4.79 Å². The molecular formula is C24H23N3OS. The molecule has 2 aromatic carbocycles. The number of hydrogen-bond donors (Lipinski definition) is 1. The van der Waals surface area contributed by atoms with Crippen LogP contribution in [0.4, 0.5) is 5.69 Å². The van der Waals surface area contributed by atoms with Gasteiger partial charge < -0.3 is 5.32 Å². The second-order valence-corrected chi connectivity index (χ2v) is 8.59. The van der Waals surface area contributed by atoms with Crippen LogP contribution in [0, 0.1) is 12.8 Å². The first-order chi connectivity index (χ1) is 14.0. The Balaban J connectivity index is 1.81. The van der Waals surface area contributed by atoms with Gasteiger partial charge in [-0.1, -0.05) is 49.9 Å². The summed E-state index contributed by atoms with van der Waals surface area (Å²) in [5.74, 6) is 0.334. The molecule has 0 bridgehead atoms. The minimum atomic E-state index is -0.0707. The molecule has 4 rings (SSSR count). The van der Waals surface area contributed by atoms with E-state index < -0.39 is 0 Å². The lowest BCUT2D eigenvalue weighted by molar-refractivity contribution is 0.0949. The first-order valence-electron chi connectivity index (χ1n) is 9.73. The lowest BCUT2D eigenvalue weighted by atomic mass is 10.1. The van der Waals surface area contributed by atoms with Crippen molar-refractivity contribution in [1.82, 2.24) is 10.3 Å². The average molecular weight is 402 g/mol. The number of rotatable bonds is 4. The van der Waals surface area contributed by atoms with Crippen LogP contribution in [-0.4, -0.2) is 23.1 Å². The molecule has 0 saturated heterocycles. The van der Waals surface area contributed by atoms with Gasteiger partial charge in [-0.05, 0) is 49.2 Å². The van der Waals surface area contributed by atoms with Crippen molar-refractivity contribution in [3.8, 4) is 0 Å². The molecule has 0 saturated carbocycles. The SMILES string of the molecule is Cc1cccc(C2=Nc3cc(C(=O)NCC(C)C)ccc3Sc3ccccc32)n1. The maximum Gasteiger partial charge on any atom is 0.251 e. The van der Waals surface area contributed by atoms with Crippen molar-refractivity contribution in [2.24, 2.45) is 10.9 Å². The third-order valence-corrected chi connectivity index (χ3v) is 5.76. The van der Waals surface area contributed by atoms with E-state index in [1.807, 2.05) is 55.5 Å². The highest BCUT2D eigenvalue weighted by Gasteiger charge is 2.20. The van der Waals surface area contributed by atoms with E-state index in [1.165, 1.54) is 0 Å². The quantitative estimate of drug-likeness (QED) is 0.497. The van der Waals surface area contributed by atoms with Gasteiger partial charge in [-0.3, -0.25) is 9.78 Å². The molecule has 146 valence electrons. The maximum absolute atomic E-state index is 12.6. The van der Waals surface area contributed by atoms with Crippen LogP contribution in [0.3, 0.4) is 0 Å². The summed E-state index contributed by atoms with van der Waals surface area (Å²) in [6, 6.07) is 19.9. The number of amides is 1. The Morgan fingerprint density at radius 2 is 1.86 bits per heavy atom. The first kappa shape index (κ1) is 19.4. The van der Waals surface area contributed by atoms with Crippen LogP contribution in [0.5, 0.6) is 0 Å². The number of carbonyl (C=O) groups is 1. The van der Waals surface area contributed by atoms with E-state index in [-0.39, 0.29) is 5.91 Å². The van der Waals surface area contributed by atoms with Gasteiger partial charge in [-0.2, -0.15) is 0 Å². The Morgan fingerprint density at radius 1 is 1.03 bits per heavy atom. The van der Waals surface area contributed by atoms with Crippen LogP contribution in [0.15, 0.2) is 75.4 Å². The van der Waals surface area contributed by atoms with Crippen molar-refractivity contribution in [1.29, 1.82) is 0 Å². The molecule has 1 N–H and O–H groups in total. The molecular weight excluding hydrogens is 378 g/mol. The van der Waals surface area contributed by atoms with Crippen LogP contribution in [0.1, 0.15) is 41.2 Å². The molecule has 2 heterocycles. The molecule has 3 aromatic rings. The minimum absolute atomic E-state index is 0.0707. The summed E-state index contributed by atoms with van der Waals surface area (Å²) in [7, 11) is 0. The number of aliphatic imine (C=N–C) groups is 1. The highest BCUT2D eigenvalue weighted by Crippen LogP contribution is 2.41. The second-order valence-electron chi connectivity index (χ2n) is 7.51. The Hall–Kier alpha value is -2.92. The van der Waals surface area contributed by atoms with E-state index in [9.17, 15) is 4.79 Å². The van der Waals surface area contributed by atoms with E-state index in [4.69, 9.17) is 9.98 Å². The third kappa shape index (κ3) is 4.25. The molecule has 1 aliphatic heterocycles. The first-order valence-corrected chi connectivity index (χ1v) is 10.5. The largest absolute Gasteiger partial charge is 0.352 e. The van der Waals surface area contributed by atoms with Crippen molar-refractivity contribution in [3.05, 3.63) is 83.2 Å². The smallest absolute Gasteiger partial charge is 0.251 e. The molecule has 0 aliphatic carbocycles. The van der Waals surface area contributed by atoms with Crippen LogP contribution in [0.2, 0.25) is 0 Å². The lowest BCUT2D eigenvalue weighted by Gasteiger charge is -2.09. The maximum atomic E-state index is 12.6. The van der Waals surface area contributed by atoms with E-state index >= 15 is 0 Å². The molecule has 1 aromatic heterocycles. The molecule has 0 atom stereocenters. The standard InChI is InChI=1S/C24H23N3OS/c1-15(2)14-25-24(28)17-11-12-22-20(13-17)27-23(19-9-6-7-16(3)26-19)18-8-4-5-10-21(18)29-22/h4-13,15H,14H2,1-3H3,(H,25,28). The van der Waals surface area contributed by atoms with E-state index in [2.05, 4.69) is 31.3 Å². The van der Waals surface area contributed by atoms with Gasteiger partial charge in [0.05, 0.1) is 17.1 Å². The predicted molar refractivity (Wildman–Crippen MR) is 118 cm³/mol. The number of hydrogen-bond acceptors (Lipinski definition) is 4. The Bertz CT molecular complexity index is 1100. The zero-order chi connectivity index (χ0) is 20.4. The van der Waals surface area contributed by atoms with Crippen molar-refractivity contribution >= 4 is 29.1 Å². The topological polar surface area (TPSA) is 54.4 Å². The predicted octanol–water partition coefficient (Wildman–Crippen LogP) is 5.41. The molecule has 0 spiro atoms. The number of pyridine rings is 1. The van der Waals surface area contributed by atoms with Gasteiger partial charge in [0.1, 0.15) is 0 Å². The van der Waals surface area contributed by atoms with E-state index in [0.29, 0.717) is 18.0 Å². The average Bonchev–Trinajstić information content (AvgIpc) is 2.88. The fourth-order valence-corrected chi connectivity index (χ4v) is 4.16. The summed E-state index contributed by atoms with van der Waals surface area (Å²) in [5.41, 5.74) is 5.08. The second kappa shape index (κ2) is 8.21. The van der Waals surface area contributed by atoms with Gasteiger partial charge in [0.15, 0.2) is 0 Å². The summed E-state index contributed by atoms with van der Waals surface area (Å²) < 4.78 is 0. The van der Waals surface area contributed by atoms with Crippen LogP contribution in [0.25, 0.3) is 0 Å². The number of aryl methyl sites for hydroxylation is 1. The van der Waals surface area contributed by atoms with Crippen molar-refractivity contribution in [2.75, 3.05) is 6.54 Å². The zero-order valence-electron chi connectivity index (χ0n) is 16.8. The van der Waals surface area contributed by atoms with Crippen LogP contribution >= 0.6 is 11.8 Å². The molecule has 5 heteroatoms. The summed E-state index contributed by atoms with van der Waals surface area (Å²) >= 11 is 1.67. The number of benzene rings is 2. The Kier molecular flexibility index (Phi) is 5.49. The number of nitrogens with one attached hydrogen (secondary N) is 1. The molecule has 0 radical (unpaired) electrons. The minimum Gasteiger partial charge on any atom is -0.352 e. The summed E-state index contributed by atoms with van der Waals surface area (Å²) in [6.45, 7) is 6.79. The molecule has 1 aliphatic rings. The highest BCUT2D eigenvalue weighted by atomic mass is 32.2. The number of aromatic nitrogens is 1. The lowest BCUT2D eigenvalue weighted by Crippen LogP contribution is -2.27. The Morgan fingerprint density at radius 3 is 2.66 bits per heavy atom. The molecule has 29 heavy (non-hydrogen) atoms. The van der Waals surface area contributed by atoms with Crippen LogP contribution < -0.4 is 5.32 Å². The van der Waals surface area contributed by atoms with Gasteiger partial charge in [-0.25, -0.2) is 4.99 Å². The van der Waals surface area contributed by atoms with Gasteiger partial charge in [0.25, 0.3) is 5.91 Å². The molecule has 0 fully saturated rings. The summed E-state index contributed by atoms with van der Waals surface area (Å²) in [5, 5.41) is 2.98. The molecule has 1 amide bonds. The third-order valence-electron chi connectivity index (χ3n) is 4.62. The number of carbonyl (C=O) groups excluding carboxylic acids is 1. The number of fused-ring (bicyclic) bond motifs is 2. The monoisotopic (exact) mass is 401 g/mol. The zero-order valence-corrected chi connectivity index (χ0v) is 17.6. The number of nitrogens with zero attached hydrogens (tertiary/aromatic N) is 2. The van der Waals surface area contributed by atoms with Crippen molar-refractivity contribution in [2.45, 2.75) is 30.6 Å². The van der Waals surface area contributed by atoms with E-state index in [1.54, 1.807) is 11.8 Å². The normalized spacial score (nSPS) is 12.6. The molecule has 4 nitrogen and oxygen atoms in total. The van der Waals surface area contributed by atoms with Crippen molar-refractivity contribution in [3.63, 3.8) is 0 Å². The van der Waals surface area contributed by atoms with Gasteiger partial charge in [0, 0.05) is 33.2 Å². The van der Waals surface area contributed by atoms with Crippen LogP contribution in [-0.2, 0) is 0 Å². The highest BCUT2D eigenvalue weighted by molar-refractivity contribution is 7.99. The van der Waals surface area contributed by atoms with Gasteiger partial charge in [-0.15, -0.1) is 0 Å². The Labute approximate surface area is 175 Å².